The molecular formula is C13H21N3O2S. The van der Waals surface area contributed by atoms with Gasteiger partial charge in [-0.1, -0.05) is 18.7 Å². The fraction of sp³-hybridized carbons (Fsp3) is 0.615. The number of carbonyl (C=O) groups excluding carboxylic acids is 1. The SMILES string of the molecule is CC(CCNC(=O)OC(C)(C)C)Sc1ncccn1. The third-order valence-corrected chi connectivity index (χ3v) is 3.13. The Morgan fingerprint density at radius 3 is 2.63 bits per heavy atom. The molecule has 0 aromatic carbocycles. The van der Waals surface area contributed by atoms with Crippen molar-refractivity contribution >= 4 is 17.9 Å². The Morgan fingerprint density at radius 2 is 2.05 bits per heavy atom. The molecule has 0 aliphatic carbocycles. The summed E-state index contributed by atoms with van der Waals surface area (Å²) in [5, 5.41) is 3.83. The molecule has 5 nitrogen and oxygen atoms in total. The molecule has 19 heavy (non-hydrogen) atoms. The number of nitrogens with one attached hydrogen (secondary N) is 1. The quantitative estimate of drug-likeness (QED) is 0.665. The summed E-state index contributed by atoms with van der Waals surface area (Å²) >= 11 is 1.59. The van der Waals surface area contributed by atoms with Gasteiger partial charge in [-0.2, -0.15) is 0 Å². The van der Waals surface area contributed by atoms with Crippen LogP contribution < -0.4 is 5.32 Å². The summed E-state index contributed by atoms with van der Waals surface area (Å²) < 4.78 is 5.16. The molecule has 1 amide bonds. The number of aromatic nitrogens is 2. The molecule has 0 spiro atoms. The standard InChI is InChI=1S/C13H21N3O2S/c1-10(19-11-14-7-5-8-15-11)6-9-16-12(17)18-13(2,3)4/h5,7-8,10H,6,9H2,1-4H3,(H,16,17). The maximum absolute atomic E-state index is 11.4. The summed E-state index contributed by atoms with van der Waals surface area (Å²) in [5.41, 5.74) is -0.456. The van der Waals surface area contributed by atoms with E-state index in [1.165, 1.54) is 0 Å². The zero-order valence-electron chi connectivity index (χ0n) is 11.8. The second-order valence-corrected chi connectivity index (χ2v) is 6.58. The van der Waals surface area contributed by atoms with Crippen molar-refractivity contribution in [1.82, 2.24) is 15.3 Å². The van der Waals surface area contributed by atoms with E-state index in [2.05, 4.69) is 22.2 Å². The Hall–Kier alpha value is -1.30. The van der Waals surface area contributed by atoms with E-state index in [0.717, 1.165) is 11.6 Å². The van der Waals surface area contributed by atoms with Crippen LogP contribution in [-0.4, -0.2) is 33.5 Å². The van der Waals surface area contributed by atoms with Crippen LogP contribution in [0.15, 0.2) is 23.6 Å². The summed E-state index contributed by atoms with van der Waals surface area (Å²) in [5.74, 6) is 0. The highest BCUT2D eigenvalue weighted by Crippen LogP contribution is 2.20. The van der Waals surface area contributed by atoms with E-state index in [1.807, 2.05) is 20.8 Å². The lowest BCUT2D eigenvalue weighted by Crippen LogP contribution is -2.33. The summed E-state index contributed by atoms with van der Waals surface area (Å²) in [7, 11) is 0. The molecule has 106 valence electrons. The van der Waals surface area contributed by atoms with E-state index < -0.39 is 5.60 Å². The molecule has 0 aliphatic rings. The van der Waals surface area contributed by atoms with E-state index >= 15 is 0 Å². The van der Waals surface area contributed by atoms with Gasteiger partial charge in [-0.05, 0) is 33.3 Å². The molecular weight excluding hydrogens is 262 g/mol. The lowest BCUT2D eigenvalue weighted by Gasteiger charge is -2.20. The van der Waals surface area contributed by atoms with Gasteiger partial charge in [-0.25, -0.2) is 14.8 Å². The maximum Gasteiger partial charge on any atom is 0.407 e. The van der Waals surface area contributed by atoms with Gasteiger partial charge in [0.05, 0.1) is 0 Å². The van der Waals surface area contributed by atoms with Crippen LogP contribution in [0.1, 0.15) is 34.1 Å². The Bertz CT molecular complexity index is 393. The fourth-order valence-electron chi connectivity index (χ4n) is 1.28. The van der Waals surface area contributed by atoms with Crippen LogP contribution in [0, 0.1) is 0 Å². The molecule has 1 atom stereocenters. The van der Waals surface area contributed by atoms with Crippen molar-refractivity contribution < 1.29 is 9.53 Å². The molecule has 1 unspecified atom stereocenters. The van der Waals surface area contributed by atoms with Crippen LogP contribution in [0.5, 0.6) is 0 Å². The number of carbonyl (C=O) groups is 1. The highest BCUT2D eigenvalue weighted by Gasteiger charge is 2.16. The van der Waals surface area contributed by atoms with Gasteiger partial charge in [0.2, 0.25) is 0 Å². The van der Waals surface area contributed by atoms with E-state index in [9.17, 15) is 4.79 Å². The highest BCUT2D eigenvalue weighted by atomic mass is 32.2. The van der Waals surface area contributed by atoms with Gasteiger partial charge in [0, 0.05) is 24.2 Å². The van der Waals surface area contributed by atoms with Crippen LogP contribution in [0.2, 0.25) is 0 Å². The third kappa shape index (κ3) is 7.66. The Kier molecular flexibility index (Phi) is 6.08. The van der Waals surface area contributed by atoms with Crippen LogP contribution in [0.3, 0.4) is 0 Å². The van der Waals surface area contributed by atoms with Crippen LogP contribution in [0.25, 0.3) is 0 Å². The zero-order valence-corrected chi connectivity index (χ0v) is 12.7. The molecule has 0 bridgehead atoms. The normalized spacial score (nSPS) is 12.8. The lowest BCUT2D eigenvalue weighted by atomic mass is 10.2. The first kappa shape index (κ1) is 15.8. The molecule has 1 aromatic rings. The maximum atomic E-state index is 11.4. The fourth-order valence-corrected chi connectivity index (χ4v) is 2.12. The molecule has 0 saturated heterocycles. The average molecular weight is 283 g/mol. The summed E-state index contributed by atoms with van der Waals surface area (Å²) in [6, 6.07) is 1.79. The van der Waals surface area contributed by atoms with Crippen molar-refractivity contribution in [1.29, 1.82) is 0 Å². The van der Waals surface area contributed by atoms with E-state index in [4.69, 9.17) is 4.74 Å². The Balaban J connectivity index is 2.21. The third-order valence-electron chi connectivity index (χ3n) is 2.07. The van der Waals surface area contributed by atoms with Crippen molar-refractivity contribution in [3.63, 3.8) is 0 Å². The molecule has 6 heteroatoms. The Morgan fingerprint density at radius 1 is 1.42 bits per heavy atom. The predicted molar refractivity (Wildman–Crippen MR) is 76.2 cm³/mol. The smallest absolute Gasteiger partial charge is 0.407 e. The first-order valence-corrected chi connectivity index (χ1v) is 7.15. The van der Waals surface area contributed by atoms with Gasteiger partial charge in [-0.3, -0.25) is 0 Å². The summed E-state index contributed by atoms with van der Waals surface area (Å²) in [6.07, 6.45) is 3.91. The van der Waals surface area contributed by atoms with E-state index in [0.29, 0.717) is 11.8 Å². The first-order chi connectivity index (χ1) is 8.87. The number of nitrogens with zero attached hydrogens (tertiary/aromatic N) is 2. The number of amides is 1. The molecule has 0 saturated carbocycles. The number of rotatable bonds is 5. The van der Waals surface area contributed by atoms with Crippen LogP contribution >= 0.6 is 11.8 Å². The lowest BCUT2D eigenvalue weighted by molar-refractivity contribution is 0.0527. The number of hydrogen-bond acceptors (Lipinski definition) is 5. The Labute approximate surface area is 118 Å². The predicted octanol–water partition coefficient (Wildman–Crippen LogP) is 2.87. The van der Waals surface area contributed by atoms with Gasteiger partial charge in [0.1, 0.15) is 5.60 Å². The molecule has 0 aliphatic heterocycles. The summed E-state index contributed by atoms with van der Waals surface area (Å²) in [4.78, 5) is 19.7. The zero-order chi connectivity index (χ0) is 14.3. The van der Waals surface area contributed by atoms with Gasteiger partial charge >= 0.3 is 6.09 Å². The minimum Gasteiger partial charge on any atom is -0.444 e. The number of thioether (sulfide) groups is 1. The van der Waals surface area contributed by atoms with E-state index in [-0.39, 0.29) is 6.09 Å². The second kappa shape index (κ2) is 7.33. The van der Waals surface area contributed by atoms with Crippen molar-refractivity contribution in [3.8, 4) is 0 Å². The van der Waals surface area contributed by atoms with Gasteiger partial charge in [0.25, 0.3) is 0 Å². The molecule has 1 aromatic heterocycles. The van der Waals surface area contributed by atoms with Crippen molar-refractivity contribution in [2.45, 2.75) is 50.1 Å². The van der Waals surface area contributed by atoms with Crippen molar-refractivity contribution in [2.24, 2.45) is 0 Å². The second-order valence-electron chi connectivity index (χ2n) is 5.18. The van der Waals surface area contributed by atoms with Crippen molar-refractivity contribution in [3.05, 3.63) is 18.5 Å². The topological polar surface area (TPSA) is 64.1 Å². The summed E-state index contributed by atoms with van der Waals surface area (Å²) in [6.45, 7) is 8.20. The molecule has 0 radical (unpaired) electrons. The largest absolute Gasteiger partial charge is 0.444 e. The van der Waals surface area contributed by atoms with Gasteiger partial charge in [-0.15, -0.1) is 0 Å². The van der Waals surface area contributed by atoms with Crippen LogP contribution in [-0.2, 0) is 4.74 Å². The van der Waals surface area contributed by atoms with Crippen LogP contribution in [0.4, 0.5) is 4.79 Å². The number of alkyl carbamates (subject to hydrolysis) is 1. The highest BCUT2D eigenvalue weighted by molar-refractivity contribution is 7.99. The monoisotopic (exact) mass is 283 g/mol. The van der Waals surface area contributed by atoms with Gasteiger partial charge in [0.15, 0.2) is 5.16 Å². The molecule has 1 heterocycles. The molecule has 0 fully saturated rings. The van der Waals surface area contributed by atoms with Crippen molar-refractivity contribution in [2.75, 3.05) is 6.54 Å². The number of ether oxygens (including phenoxy) is 1. The molecule has 1 N–H and O–H groups in total. The van der Waals surface area contributed by atoms with Gasteiger partial charge < -0.3 is 10.1 Å². The average Bonchev–Trinajstić information content (AvgIpc) is 2.27. The first-order valence-electron chi connectivity index (χ1n) is 6.27. The minimum absolute atomic E-state index is 0.331. The number of hydrogen-bond donors (Lipinski definition) is 1. The van der Waals surface area contributed by atoms with E-state index in [1.54, 1.807) is 30.2 Å². The minimum atomic E-state index is -0.456. The molecule has 1 rings (SSSR count).